The Hall–Kier alpha value is -2.70. The second-order valence-electron chi connectivity index (χ2n) is 5.97. The van der Waals surface area contributed by atoms with E-state index in [-0.39, 0.29) is 12.6 Å². The summed E-state index contributed by atoms with van der Waals surface area (Å²) in [6.45, 7) is 1.99. The average Bonchev–Trinajstić information content (AvgIpc) is 2.91. The molecule has 1 saturated heterocycles. The Labute approximate surface area is 144 Å². The Morgan fingerprint density at radius 3 is 2.80 bits per heavy atom. The summed E-state index contributed by atoms with van der Waals surface area (Å²) >= 11 is 0. The first-order chi connectivity index (χ1) is 12.1. The number of carbonyl (C=O) groups is 2. The number of pyridine rings is 1. The predicted molar refractivity (Wildman–Crippen MR) is 89.8 cm³/mol. The van der Waals surface area contributed by atoms with Crippen molar-refractivity contribution in [2.45, 2.75) is 25.6 Å². The molecule has 1 fully saturated rings. The molecule has 1 aliphatic rings. The summed E-state index contributed by atoms with van der Waals surface area (Å²) in [6, 6.07) is 2.99. The van der Waals surface area contributed by atoms with Gasteiger partial charge in [-0.3, -0.25) is 14.6 Å². The number of carbonyl (C=O) groups excluding carboxylic acids is 2. The molecule has 3 atom stereocenters. The zero-order valence-corrected chi connectivity index (χ0v) is 14.0. The van der Waals surface area contributed by atoms with Crippen LogP contribution in [0.15, 0.2) is 24.5 Å². The van der Waals surface area contributed by atoms with E-state index in [1.807, 2.05) is 6.92 Å². The molecule has 1 aromatic heterocycles. The van der Waals surface area contributed by atoms with Gasteiger partial charge in [0.05, 0.1) is 24.9 Å². The van der Waals surface area contributed by atoms with Crippen LogP contribution in [0.25, 0.3) is 10.8 Å². The maximum atomic E-state index is 13.9. The molecule has 2 aromatic rings. The molecule has 7 heteroatoms. The number of ether oxygens (including phenoxy) is 2. The number of fused-ring (bicyclic) bond motifs is 1. The zero-order chi connectivity index (χ0) is 18.0. The molecule has 0 saturated carbocycles. The van der Waals surface area contributed by atoms with E-state index in [1.165, 1.54) is 7.11 Å². The van der Waals surface area contributed by atoms with Crippen molar-refractivity contribution < 1.29 is 23.5 Å². The van der Waals surface area contributed by atoms with Crippen LogP contribution in [-0.4, -0.2) is 43.1 Å². The third-order valence-electron chi connectivity index (χ3n) is 4.56. The highest BCUT2D eigenvalue weighted by Gasteiger charge is 2.41. The van der Waals surface area contributed by atoms with Crippen molar-refractivity contribution in [2.75, 3.05) is 13.7 Å². The van der Waals surface area contributed by atoms with Crippen molar-refractivity contribution >= 4 is 23.0 Å². The van der Waals surface area contributed by atoms with Crippen LogP contribution in [0, 0.1) is 5.92 Å². The lowest BCUT2D eigenvalue weighted by Gasteiger charge is -2.19. The number of aldehydes is 1. The summed E-state index contributed by atoms with van der Waals surface area (Å²) in [6.07, 6.45) is 2.93. The van der Waals surface area contributed by atoms with Gasteiger partial charge in [0.15, 0.2) is 12.5 Å². The minimum absolute atomic E-state index is 0.142. The second kappa shape index (κ2) is 7.04. The molecule has 0 aliphatic carbocycles. The molecule has 132 valence electrons. The fraction of sp³-hybridized carbons (Fsp3) is 0.389. The number of rotatable bonds is 6. The number of hydrogen-bond donors (Lipinski definition) is 1. The van der Waals surface area contributed by atoms with Crippen molar-refractivity contribution in [1.82, 2.24) is 10.3 Å². The summed E-state index contributed by atoms with van der Waals surface area (Å²) in [5.41, 5.74) is 0.420. The summed E-state index contributed by atoms with van der Waals surface area (Å²) in [7, 11) is 1.48. The van der Waals surface area contributed by atoms with Crippen molar-refractivity contribution in [1.29, 1.82) is 0 Å². The lowest BCUT2D eigenvalue weighted by molar-refractivity contribution is -0.123. The molecule has 3 unspecified atom stereocenters. The van der Waals surface area contributed by atoms with Gasteiger partial charge < -0.3 is 14.8 Å². The number of methoxy groups -OCH3 is 1. The summed E-state index contributed by atoms with van der Waals surface area (Å²) in [5.74, 6) is -0.0805. The number of nitrogens with one attached hydrogen (secondary N) is 1. The van der Waals surface area contributed by atoms with E-state index >= 15 is 0 Å². The smallest absolute Gasteiger partial charge is 0.255 e. The van der Waals surface area contributed by atoms with Crippen LogP contribution in [-0.2, 0) is 4.79 Å². The summed E-state index contributed by atoms with van der Waals surface area (Å²) in [5, 5.41) is 4.09. The third-order valence-corrected chi connectivity index (χ3v) is 4.56. The van der Waals surface area contributed by atoms with E-state index < -0.39 is 18.0 Å². The van der Waals surface area contributed by atoms with Gasteiger partial charge in [0.1, 0.15) is 18.1 Å². The van der Waals surface area contributed by atoms with E-state index in [4.69, 9.17) is 9.47 Å². The molecule has 2 heterocycles. The van der Waals surface area contributed by atoms with Crippen LogP contribution >= 0.6 is 0 Å². The van der Waals surface area contributed by atoms with Gasteiger partial charge in [-0.25, -0.2) is 4.39 Å². The van der Waals surface area contributed by atoms with Crippen LogP contribution in [0.3, 0.4) is 0 Å². The summed E-state index contributed by atoms with van der Waals surface area (Å²) < 4.78 is 24.9. The molecule has 25 heavy (non-hydrogen) atoms. The number of alkyl halides is 1. The molecule has 1 N–H and O–H groups in total. The number of amides is 1. The standard InChI is InChI=1S/C18H19FN2O4/c1-3-12-14(21-18(23)17(12)19)9-25-16-7-20-6-10-4-11(8-22)15(24-2)5-13(10)16/h4-8,12,14,17H,3,9H2,1-2H3,(H,21,23). The SMILES string of the molecule is CCC1C(COc2cncc3cc(C=O)c(OC)cc23)NC(=O)C1F. The van der Waals surface area contributed by atoms with Gasteiger partial charge in [-0.2, -0.15) is 0 Å². The first kappa shape index (κ1) is 17.1. The fourth-order valence-corrected chi connectivity index (χ4v) is 3.18. The van der Waals surface area contributed by atoms with E-state index in [1.54, 1.807) is 24.5 Å². The Morgan fingerprint density at radius 2 is 2.12 bits per heavy atom. The minimum atomic E-state index is -1.50. The molecule has 0 bridgehead atoms. The van der Waals surface area contributed by atoms with Crippen molar-refractivity contribution in [3.05, 3.63) is 30.1 Å². The molecule has 3 rings (SSSR count). The first-order valence-electron chi connectivity index (χ1n) is 8.07. The van der Waals surface area contributed by atoms with E-state index in [9.17, 15) is 14.0 Å². The number of aromatic nitrogens is 1. The number of benzene rings is 1. The monoisotopic (exact) mass is 346 g/mol. The second-order valence-corrected chi connectivity index (χ2v) is 5.97. The zero-order valence-electron chi connectivity index (χ0n) is 14.0. The van der Waals surface area contributed by atoms with Gasteiger partial charge in [-0.15, -0.1) is 0 Å². The molecule has 1 aromatic carbocycles. The molecular weight excluding hydrogens is 327 g/mol. The molecule has 0 radical (unpaired) electrons. The number of halogens is 1. The normalized spacial score (nSPS) is 22.7. The largest absolute Gasteiger partial charge is 0.496 e. The molecule has 0 spiro atoms. The Balaban J connectivity index is 1.86. The highest BCUT2D eigenvalue weighted by atomic mass is 19.1. The van der Waals surface area contributed by atoms with Crippen LogP contribution in [0.2, 0.25) is 0 Å². The maximum Gasteiger partial charge on any atom is 0.255 e. The maximum absolute atomic E-state index is 13.9. The van der Waals surface area contributed by atoms with Crippen molar-refractivity contribution in [3.8, 4) is 11.5 Å². The van der Waals surface area contributed by atoms with Gasteiger partial charge in [0, 0.05) is 22.9 Å². The van der Waals surface area contributed by atoms with Gasteiger partial charge in [-0.05, 0) is 18.6 Å². The van der Waals surface area contributed by atoms with Gasteiger partial charge >= 0.3 is 0 Å². The number of nitrogens with zero attached hydrogens (tertiary/aromatic N) is 1. The highest BCUT2D eigenvalue weighted by molar-refractivity contribution is 5.94. The van der Waals surface area contributed by atoms with E-state index in [2.05, 4.69) is 10.3 Å². The molecule has 1 amide bonds. The van der Waals surface area contributed by atoms with E-state index in [0.717, 1.165) is 10.8 Å². The van der Waals surface area contributed by atoms with Crippen LogP contribution in [0.1, 0.15) is 23.7 Å². The van der Waals surface area contributed by atoms with Crippen LogP contribution in [0.4, 0.5) is 4.39 Å². The van der Waals surface area contributed by atoms with E-state index in [0.29, 0.717) is 29.8 Å². The van der Waals surface area contributed by atoms with Crippen LogP contribution in [0.5, 0.6) is 11.5 Å². The topological polar surface area (TPSA) is 77.5 Å². The molecule has 6 nitrogen and oxygen atoms in total. The quantitative estimate of drug-likeness (QED) is 0.812. The van der Waals surface area contributed by atoms with Crippen LogP contribution < -0.4 is 14.8 Å². The molecule has 1 aliphatic heterocycles. The Kier molecular flexibility index (Phi) is 4.83. The van der Waals surface area contributed by atoms with Gasteiger partial charge in [-0.1, -0.05) is 6.92 Å². The summed E-state index contributed by atoms with van der Waals surface area (Å²) in [4.78, 5) is 26.8. The van der Waals surface area contributed by atoms with Crippen molar-refractivity contribution in [3.63, 3.8) is 0 Å². The van der Waals surface area contributed by atoms with Crippen molar-refractivity contribution in [2.24, 2.45) is 5.92 Å². The lowest BCUT2D eigenvalue weighted by Crippen LogP contribution is -2.34. The fourth-order valence-electron chi connectivity index (χ4n) is 3.18. The third kappa shape index (κ3) is 3.14. The Bertz CT molecular complexity index is 811. The lowest BCUT2D eigenvalue weighted by atomic mass is 9.97. The average molecular weight is 346 g/mol. The Morgan fingerprint density at radius 1 is 1.32 bits per heavy atom. The minimum Gasteiger partial charge on any atom is -0.496 e. The first-order valence-corrected chi connectivity index (χ1v) is 8.07. The number of hydrogen-bond acceptors (Lipinski definition) is 5. The predicted octanol–water partition coefficient (Wildman–Crippen LogP) is 2.30. The van der Waals surface area contributed by atoms with Gasteiger partial charge in [0.25, 0.3) is 5.91 Å². The highest BCUT2D eigenvalue weighted by Crippen LogP contribution is 2.31. The van der Waals surface area contributed by atoms with Gasteiger partial charge in [0.2, 0.25) is 0 Å². The molecular formula is C18H19FN2O4.